The van der Waals surface area contributed by atoms with Crippen LogP contribution in [0.15, 0.2) is 28.7 Å². The SMILES string of the molecule is CC(Nc1ccc(F)c(F)c1F)c1ccc(C(=O)O)o1. The maximum Gasteiger partial charge on any atom is 0.371 e. The highest BCUT2D eigenvalue weighted by Crippen LogP contribution is 2.25. The Bertz CT molecular complexity index is 654. The van der Waals surface area contributed by atoms with Crippen LogP contribution in [0.25, 0.3) is 0 Å². The molecule has 0 aliphatic rings. The van der Waals surface area contributed by atoms with Gasteiger partial charge in [0.25, 0.3) is 0 Å². The van der Waals surface area contributed by atoms with Gasteiger partial charge >= 0.3 is 5.97 Å². The number of rotatable bonds is 4. The molecule has 1 atom stereocenters. The molecule has 0 aliphatic heterocycles. The largest absolute Gasteiger partial charge is 0.475 e. The van der Waals surface area contributed by atoms with Crippen molar-refractivity contribution in [3.63, 3.8) is 0 Å². The molecule has 0 aliphatic carbocycles. The first kappa shape index (κ1) is 14.0. The van der Waals surface area contributed by atoms with Gasteiger partial charge in [-0.05, 0) is 31.2 Å². The fraction of sp³-hybridized carbons (Fsp3) is 0.154. The second-order valence-electron chi connectivity index (χ2n) is 4.10. The predicted molar refractivity (Wildman–Crippen MR) is 64.0 cm³/mol. The van der Waals surface area contributed by atoms with Crippen LogP contribution in [-0.4, -0.2) is 11.1 Å². The van der Waals surface area contributed by atoms with Gasteiger partial charge in [0.15, 0.2) is 17.5 Å². The van der Waals surface area contributed by atoms with Crippen molar-refractivity contribution in [1.82, 2.24) is 0 Å². The molecule has 1 aromatic heterocycles. The van der Waals surface area contributed by atoms with E-state index in [-0.39, 0.29) is 17.2 Å². The maximum absolute atomic E-state index is 13.5. The van der Waals surface area contributed by atoms with Crippen LogP contribution in [0.2, 0.25) is 0 Å². The number of carbonyl (C=O) groups is 1. The van der Waals surface area contributed by atoms with Crippen LogP contribution in [0.5, 0.6) is 0 Å². The van der Waals surface area contributed by atoms with E-state index in [0.29, 0.717) is 0 Å². The molecule has 0 saturated heterocycles. The van der Waals surface area contributed by atoms with Crippen molar-refractivity contribution in [2.75, 3.05) is 5.32 Å². The van der Waals surface area contributed by atoms with Gasteiger partial charge in [0.05, 0.1) is 11.7 Å². The Balaban J connectivity index is 2.21. The Kier molecular flexibility index (Phi) is 3.69. The molecule has 0 radical (unpaired) electrons. The van der Waals surface area contributed by atoms with Gasteiger partial charge in [-0.2, -0.15) is 0 Å². The molecule has 2 rings (SSSR count). The second-order valence-corrected chi connectivity index (χ2v) is 4.10. The molecule has 1 unspecified atom stereocenters. The van der Waals surface area contributed by atoms with Crippen LogP contribution in [0.1, 0.15) is 29.3 Å². The van der Waals surface area contributed by atoms with Crippen LogP contribution in [-0.2, 0) is 0 Å². The summed E-state index contributed by atoms with van der Waals surface area (Å²) in [6.45, 7) is 1.56. The Morgan fingerprint density at radius 3 is 2.50 bits per heavy atom. The molecule has 20 heavy (non-hydrogen) atoms. The summed E-state index contributed by atoms with van der Waals surface area (Å²) < 4.78 is 44.3. The quantitative estimate of drug-likeness (QED) is 0.843. The van der Waals surface area contributed by atoms with E-state index in [4.69, 9.17) is 9.52 Å². The Morgan fingerprint density at radius 2 is 1.90 bits per heavy atom. The summed E-state index contributed by atoms with van der Waals surface area (Å²) in [6, 6.07) is 3.86. The van der Waals surface area contributed by atoms with Gasteiger partial charge in [-0.1, -0.05) is 0 Å². The molecule has 1 aromatic carbocycles. The number of benzene rings is 1. The van der Waals surface area contributed by atoms with E-state index in [1.54, 1.807) is 6.92 Å². The third-order valence-corrected chi connectivity index (χ3v) is 2.67. The number of furan rings is 1. The molecule has 106 valence electrons. The fourth-order valence-corrected chi connectivity index (χ4v) is 1.64. The summed E-state index contributed by atoms with van der Waals surface area (Å²) in [5.74, 6) is -5.48. The number of carboxylic acids is 1. The van der Waals surface area contributed by atoms with Crippen LogP contribution in [0.4, 0.5) is 18.9 Å². The van der Waals surface area contributed by atoms with Gasteiger partial charge in [0.2, 0.25) is 5.76 Å². The topological polar surface area (TPSA) is 62.5 Å². The molecule has 7 heteroatoms. The zero-order chi connectivity index (χ0) is 14.9. The van der Waals surface area contributed by atoms with E-state index in [2.05, 4.69) is 5.32 Å². The fourth-order valence-electron chi connectivity index (χ4n) is 1.64. The lowest BCUT2D eigenvalue weighted by Crippen LogP contribution is -2.08. The summed E-state index contributed by atoms with van der Waals surface area (Å²) in [6.07, 6.45) is 0. The monoisotopic (exact) mass is 285 g/mol. The van der Waals surface area contributed by atoms with Crippen molar-refractivity contribution in [2.45, 2.75) is 13.0 Å². The zero-order valence-corrected chi connectivity index (χ0v) is 10.3. The van der Waals surface area contributed by atoms with Gasteiger partial charge in [-0.15, -0.1) is 0 Å². The van der Waals surface area contributed by atoms with Crippen LogP contribution in [0.3, 0.4) is 0 Å². The molecule has 4 nitrogen and oxygen atoms in total. The van der Waals surface area contributed by atoms with Crippen molar-refractivity contribution < 1.29 is 27.5 Å². The molecular formula is C13H10F3NO3. The first-order chi connectivity index (χ1) is 9.40. The lowest BCUT2D eigenvalue weighted by atomic mass is 10.2. The van der Waals surface area contributed by atoms with Crippen molar-refractivity contribution >= 4 is 11.7 Å². The first-order valence-electron chi connectivity index (χ1n) is 5.63. The lowest BCUT2D eigenvalue weighted by Gasteiger charge is -2.14. The molecule has 0 amide bonds. The van der Waals surface area contributed by atoms with Gasteiger partial charge < -0.3 is 14.8 Å². The smallest absolute Gasteiger partial charge is 0.371 e. The number of anilines is 1. The van der Waals surface area contributed by atoms with Crippen molar-refractivity contribution in [3.05, 3.63) is 53.2 Å². The minimum absolute atomic E-state index is 0.228. The van der Waals surface area contributed by atoms with E-state index in [9.17, 15) is 18.0 Å². The van der Waals surface area contributed by atoms with Crippen molar-refractivity contribution in [2.24, 2.45) is 0 Å². The molecule has 2 N–H and O–H groups in total. The van der Waals surface area contributed by atoms with E-state index in [0.717, 1.165) is 12.1 Å². The summed E-state index contributed by atoms with van der Waals surface area (Å²) in [7, 11) is 0. The number of hydrogen-bond donors (Lipinski definition) is 2. The van der Waals surface area contributed by atoms with E-state index < -0.39 is 29.5 Å². The third kappa shape index (κ3) is 2.61. The highest BCUT2D eigenvalue weighted by molar-refractivity contribution is 5.84. The number of carboxylic acid groups (broad SMARTS) is 1. The molecule has 2 aromatic rings. The Morgan fingerprint density at radius 1 is 1.20 bits per heavy atom. The summed E-state index contributed by atoms with van der Waals surface area (Å²) in [5.41, 5.74) is -0.246. The second kappa shape index (κ2) is 5.28. The number of hydrogen-bond acceptors (Lipinski definition) is 3. The van der Waals surface area contributed by atoms with Crippen LogP contribution in [0, 0.1) is 17.5 Å². The zero-order valence-electron chi connectivity index (χ0n) is 10.3. The van der Waals surface area contributed by atoms with E-state index in [1.807, 2.05) is 0 Å². The number of nitrogens with one attached hydrogen (secondary N) is 1. The summed E-state index contributed by atoms with van der Waals surface area (Å²) in [5, 5.41) is 11.3. The molecule has 0 bridgehead atoms. The lowest BCUT2D eigenvalue weighted by molar-refractivity contribution is 0.0660. The van der Waals surface area contributed by atoms with Gasteiger partial charge in [-0.3, -0.25) is 0 Å². The number of aromatic carboxylic acids is 1. The van der Waals surface area contributed by atoms with Gasteiger partial charge in [0, 0.05) is 0 Å². The first-order valence-corrected chi connectivity index (χ1v) is 5.63. The number of halogens is 3. The summed E-state index contributed by atoms with van der Waals surface area (Å²) in [4.78, 5) is 10.7. The standard InChI is InChI=1S/C13H10F3NO3/c1-6(9-4-5-10(20-9)13(18)19)17-8-3-2-7(14)11(15)12(8)16/h2-6,17H,1H3,(H,18,19). The highest BCUT2D eigenvalue weighted by Gasteiger charge is 2.18. The van der Waals surface area contributed by atoms with Gasteiger partial charge in [0.1, 0.15) is 5.76 Å². The highest BCUT2D eigenvalue weighted by atomic mass is 19.2. The normalized spacial score (nSPS) is 12.2. The molecule has 0 spiro atoms. The molecule has 0 saturated carbocycles. The van der Waals surface area contributed by atoms with Crippen LogP contribution >= 0.6 is 0 Å². The minimum Gasteiger partial charge on any atom is -0.475 e. The Hall–Kier alpha value is -2.44. The molecule has 1 heterocycles. The molecular weight excluding hydrogens is 275 g/mol. The predicted octanol–water partition coefficient (Wildman–Crippen LogP) is 3.57. The van der Waals surface area contributed by atoms with Crippen molar-refractivity contribution in [3.8, 4) is 0 Å². The average molecular weight is 285 g/mol. The molecule has 0 fully saturated rings. The Labute approximate surface area is 111 Å². The van der Waals surface area contributed by atoms with Gasteiger partial charge in [-0.25, -0.2) is 18.0 Å². The van der Waals surface area contributed by atoms with E-state index in [1.165, 1.54) is 12.1 Å². The van der Waals surface area contributed by atoms with Crippen LogP contribution < -0.4 is 5.32 Å². The average Bonchev–Trinajstić information content (AvgIpc) is 2.89. The maximum atomic E-state index is 13.5. The summed E-state index contributed by atoms with van der Waals surface area (Å²) >= 11 is 0. The minimum atomic E-state index is -1.58. The van der Waals surface area contributed by atoms with Crippen molar-refractivity contribution in [1.29, 1.82) is 0 Å². The third-order valence-electron chi connectivity index (χ3n) is 2.67. The van der Waals surface area contributed by atoms with E-state index >= 15 is 0 Å².